The van der Waals surface area contributed by atoms with E-state index in [2.05, 4.69) is 0 Å². The van der Waals surface area contributed by atoms with Crippen LogP contribution in [0.3, 0.4) is 0 Å². The number of hydrogen-bond donors (Lipinski definition) is 0. The van der Waals surface area contributed by atoms with Crippen LogP contribution in [0, 0.1) is 0 Å². The van der Waals surface area contributed by atoms with Crippen LogP contribution in [0.1, 0.15) is 0 Å². The summed E-state index contributed by atoms with van der Waals surface area (Å²) >= 11 is 0. The van der Waals surface area contributed by atoms with Gasteiger partial charge in [0.15, 0.2) is 0 Å². The predicted molar refractivity (Wildman–Crippen MR) is 12.8 cm³/mol. The molecule has 30 valence electrons. The van der Waals surface area contributed by atoms with Crippen molar-refractivity contribution in [1.29, 1.82) is 0 Å². The molecule has 0 aromatic heterocycles. The zero-order chi connectivity index (χ0) is 0. The molecule has 0 saturated carbocycles. The van der Waals surface area contributed by atoms with E-state index in [9.17, 15) is 0 Å². The van der Waals surface area contributed by atoms with Gasteiger partial charge in [0, 0.05) is 0 Å². The molecular weight excluding hydrogens is 167 g/mol. The first-order valence-corrected chi connectivity index (χ1v) is 0. The van der Waals surface area contributed by atoms with E-state index in [1.165, 1.54) is 0 Å². The standard InChI is InChI=1S/Fe.H2O.O.H2Se/h;1H2;;1H2/q+2;;-2;. The van der Waals surface area contributed by atoms with Gasteiger partial charge in [-0.25, -0.2) is 0 Å². The third kappa shape index (κ3) is 12.3. The summed E-state index contributed by atoms with van der Waals surface area (Å²) in [5, 5.41) is 0. The second-order valence-electron chi connectivity index (χ2n) is 0. The van der Waals surface area contributed by atoms with Gasteiger partial charge < -0.3 is 11.0 Å². The van der Waals surface area contributed by atoms with E-state index in [0.29, 0.717) is 0 Å². The topological polar surface area (TPSA) is 60.0 Å². The Morgan fingerprint density at radius 3 is 1.00 bits per heavy atom. The van der Waals surface area contributed by atoms with Gasteiger partial charge >= 0.3 is 34.1 Å². The molecule has 0 atom stereocenters. The van der Waals surface area contributed by atoms with Crippen LogP contribution in [0.15, 0.2) is 0 Å². The summed E-state index contributed by atoms with van der Waals surface area (Å²) in [5.41, 5.74) is 0. The first-order valence-electron chi connectivity index (χ1n) is 0. The molecule has 0 amide bonds. The maximum atomic E-state index is 0. The molecule has 0 aliphatic rings. The van der Waals surface area contributed by atoms with E-state index in [1.807, 2.05) is 0 Å². The Bertz CT molecular complexity index is 6.00. The van der Waals surface area contributed by atoms with Gasteiger partial charge in [-0.2, -0.15) is 0 Å². The molecule has 2 nitrogen and oxygen atoms in total. The zero-order valence-corrected chi connectivity index (χ0v) is 4.96. The molecule has 0 fully saturated rings. The van der Waals surface area contributed by atoms with Gasteiger partial charge in [-0.15, -0.1) is 0 Å². The van der Waals surface area contributed by atoms with Crippen LogP contribution in [0.5, 0.6) is 0 Å². The van der Waals surface area contributed by atoms with Gasteiger partial charge in [-0.3, -0.25) is 0 Å². The third-order valence-corrected chi connectivity index (χ3v) is 0. The number of rotatable bonds is 0. The van der Waals surface area contributed by atoms with Crippen molar-refractivity contribution in [1.82, 2.24) is 0 Å². The molecule has 0 rings (SSSR count). The van der Waals surface area contributed by atoms with Crippen LogP contribution in [0.4, 0.5) is 0 Å². The van der Waals surface area contributed by atoms with Gasteiger partial charge in [0.1, 0.15) is 0 Å². The van der Waals surface area contributed by atoms with Gasteiger partial charge in [0.2, 0.25) is 0 Å². The predicted octanol–water partition coefficient (Wildman–Crippen LogP) is -1.86. The molecule has 4 heteroatoms. The molecule has 0 heterocycles. The van der Waals surface area contributed by atoms with Crippen molar-refractivity contribution in [2.45, 2.75) is 0 Å². The summed E-state index contributed by atoms with van der Waals surface area (Å²) in [7, 11) is 0. The van der Waals surface area contributed by atoms with Gasteiger partial charge in [-0.05, 0) is 0 Å². The first-order chi connectivity index (χ1) is 0. The van der Waals surface area contributed by atoms with Crippen LogP contribution in [0.25, 0.3) is 0 Å². The average molecular weight is 171 g/mol. The van der Waals surface area contributed by atoms with Crippen molar-refractivity contribution >= 4 is 17.1 Å². The first kappa shape index (κ1) is 84.5. The van der Waals surface area contributed by atoms with Crippen LogP contribution in [0.2, 0.25) is 0 Å². The molecule has 0 spiro atoms. The van der Waals surface area contributed by atoms with Crippen molar-refractivity contribution in [2.75, 3.05) is 0 Å². The summed E-state index contributed by atoms with van der Waals surface area (Å²) in [4.78, 5) is 0. The van der Waals surface area contributed by atoms with E-state index in [1.54, 1.807) is 0 Å². The zero-order valence-electron chi connectivity index (χ0n) is 1.76. The van der Waals surface area contributed by atoms with E-state index < -0.39 is 0 Å². The molecule has 0 aliphatic heterocycles. The Balaban J connectivity index is 0. The fraction of sp³-hybridized carbons (Fsp3) is 0. The average Bonchev–Trinajstić information content (AvgIpc) is 0. The summed E-state index contributed by atoms with van der Waals surface area (Å²) in [5.74, 6) is 0. The minimum atomic E-state index is 0. The van der Waals surface area contributed by atoms with Crippen LogP contribution in [-0.2, 0) is 22.5 Å². The van der Waals surface area contributed by atoms with Crippen molar-refractivity contribution in [3.8, 4) is 0 Å². The van der Waals surface area contributed by atoms with E-state index >= 15 is 0 Å². The van der Waals surface area contributed by atoms with Gasteiger partial charge in [-0.1, -0.05) is 0 Å². The molecule has 0 unspecified atom stereocenters. The Morgan fingerprint density at radius 1 is 1.00 bits per heavy atom. The SMILES string of the molecule is O.[Fe+2].[O-2].[SeH2]. The monoisotopic (exact) mass is 172 g/mol. The van der Waals surface area contributed by atoms with Gasteiger partial charge in [0.05, 0.1) is 0 Å². The summed E-state index contributed by atoms with van der Waals surface area (Å²) in [6.07, 6.45) is 0. The minimum absolute atomic E-state index is 0. The van der Waals surface area contributed by atoms with Crippen LogP contribution in [-0.4, -0.2) is 22.5 Å². The molecule has 0 aromatic rings. The summed E-state index contributed by atoms with van der Waals surface area (Å²) in [6, 6.07) is 0. The Labute approximate surface area is 45.5 Å². The van der Waals surface area contributed by atoms with E-state index in [4.69, 9.17) is 0 Å². The second-order valence-corrected chi connectivity index (χ2v) is 0. The molecule has 0 saturated heterocycles. The van der Waals surface area contributed by atoms with Crippen LogP contribution >= 0.6 is 0 Å². The van der Waals surface area contributed by atoms with Crippen molar-refractivity contribution in [2.24, 2.45) is 0 Å². The van der Waals surface area contributed by atoms with E-state index in [-0.39, 0.29) is 45.1 Å². The second kappa shape index (κ2) is 37.7. The fourth-order valence-electron chi connectivity index (χ4n) is 0. The molecular formula is H4FeO2Se. The summed E-state index contributed by atoms with van der Waals surface area (Å²) < 4.78 is 0. The quantitative estimate of drug-likeness (QED) is 0.383. The van der Waals surface area contributed by atoms with Crippen molar-refractivity contribution in [3.05, 3.63) is 0 Å². The molecule has 0 aliphatic carbocycles. The van der Waals surface area contributed by atoms with E-state index in [0.717, 1.165) is 0 Å². The Morgan fingerprint density at radius 2 is 1.00 bits per heavy atom. The Hall–Kier alpha value is 0.959. The maximum absolute atomic E-state index is 0. The number of hydrogen-bond acceptors (Lipinski definition) is 0. The van der Waals surface area contributed by atoms with Crippen LogP contribution < -0.4 is 0 Å². The molecule has 2 N–H and O–H groups in total. The van der Waals surface area contributed by atoms with Crippen molar-refractivity contribution in [3.63, 3.8) is 0 Å². The Kier molecular flexibility index (Phi) is 796. The molecule has 4 heavy (non-hydrogen) atoms. The molecule has 0 bridgehead atoms. The molecule has 0 radical (unpaired) electrons. The molecule has 0 aromatic carbocycles. The van der Waals surface area contributed by atoms with Crippen molar-refractivity contribution < 1.29 is 28.0 Å². The third-order valence-electron chi connectivity index (χ3n) is 0. The fourth-order valence-corrected chi connectivity index (χ4v) is 0. The normalized spacial score (nSPS) is 0. The van der Waals surface area contributed by atoms with Gasteiger partial charge in [0.25, 0.3) is 0 Å². The summed E-state index contributed by atoms with van der Waals surface area (Å²) in [6.45, 7) is 0.